The van der Waals surface area contributed by atoms with Crippen molar-refractivity contribution in [2.24, 2.45) is 5.14 Å². The van der Waals surface area contributed by atoms with E-state index in [1.54, 1.807) is 18.2 Å². The third-order valence-electron chi connectivity index (χ3n) is 4.01. The monoisotopic (exact) mass is 448 g/mol. The van der Waals surface area contributed by atoms with E-state index in [4.69, 9.17) is 19.3 Å². The Kier molecular flexibility index (Phi) is 8.17. The second kappa shape index (κ2) is 10.6. The molecule has 0 bridgehead atoms. The molecule has 0 radical (unpaired) electrons. The lowest BCUT2D eigenvalue weighted by molar-refractivity contribution is -0.148. The summed E-state index contributed by atoms with van der Waals surface area (Å²) in [6.07, 6.45) is 1.64. The highest BCUT2D eigenvalue weighted by Gasteiger charge is 2.17. The van der Waals surface area contributed by atoms with E-state index in [9.17, 15) is 18.0 Å². The summed E-state index contributed by atoms with van der Waals surface area (Å²) < 4.78 is 38.3. The predicted molar refractivity (Wildman–Crippen MR) is 115 cm³/mol. The molecule has 0 saturated carbocycles. The summed E-state index contributed by atoms with van der Waals surface area (Å²) in [7, 11) is -2.31. The van der Waals surface area contributed by atoms with Crippen molar-refractivity contribution in [2.75, 3.05) is 19.0 Å². The van der Waals surface area contributed by atoms with Crippen molar-refractivity contribution < 1.29 is 32.2 Å². The van der Waals surface area contributed by atoms with Crippen LogP contribution in [-0.4, -0.2) is 40.1 Å². The Morgan fingerprint density at radius 2 is 1.81 bits per heavy atom. The number of nitrogens with one attached hydrogen (secondary N) is 1. The highest BCUT2D eigenvalue weighted by atomic mass is 32.2. The second-order valence-corrected chi connectivity index (χ2v) is 7.88. The predicted octanol–water partition coefficient (Wildman–Crippen LogP) is 2.32. The minimum atomic E-state index is -3.82. The Hall–Kier alpha value is -3.37. The van der Waals surface area contributed by atoms with Crippen molar-refractivity contribution in [1.82, 2.24) is 0 Å². The van der Waals surface area contributed by atoms with Gasteiger partial charge in [0.1, 0.15) is 0 Å². The van der Waals surface area contributed by atoms with Crippen molar-refractivity contribution in [3.05, 3.63) is 54.1 Å². The lowest BCUT2D eigenvalue weighted by Gasteiger charge is -2.12. The van der Waals surface area contributed by atoms with E-state index in [0.29, 0.717) is 29.4 Å². The maximum atomic E-state index is 12.2. The third-order valence-corrected chi connectivity index (χ3v) is 4.94. The van der Waals surface area contributed by atoms with Crippen LogP contribution in [0.3, 0.4) is 0 Å². The number of sulfonamides is 1. The van der Waals surface area contributed by atoms with Crippen LogP contribution in [-0.2, 0) is 24.3 Å². The van der Waals surface area contributed by atoms with Gasteiger partial charge in [0.15, 0.2) is 17.6 Å². The van der Waals surface area contributed by atoms with Crippen LogP contribution in [0.1, 0.15) is 19.4 Å². The number of carbonyl (C=O) groups excluding carboxylic acids is 2. The maximum Gasteiger partial charge on any atom is 0.331 e. The summed E-state index contributed by atoms with van der Waals surface area (Å²) in [5, 5.41) is 7.55. The molecule has 166 valence electrons. The molecule has 0 spiro atoms. The lowest BCUT2D eigenvalue weighted by Crippen LogP contribution is -2.29. The van der Waals surface area contributed by atoms with Gasteiger partial charge in [-0.3, -0.25) is 4.79 Å². The minimum Gasteiger partial charge on any atom is -0.493 e. The van der Waals surface area contributed by atoms with Crippen LogP contribution in [0.2, 0.25) is 0 Å². The molecule has 2 aromatic rings. The molecule has 0 heterocycles. The van der Waals surface area contributed by atoms with Crippen molar-refractivity contribution in [3.8, 4) is 11.5 Å². The first-order valence-corrected chi connectivity index (χ1v) is 10.8. The Morgan fingerprint density at radius 1 is 1.13 bits per heavy atom. The van der Waals surface area contributed by atoms with Gasteiger partial charge in [-0.1, -0.05) is 6.07 Å². The molecule has 0 unspecified atom stereocenters. The van der Waals surface area contributed by atoms with Crippen molar-refractivity contribution >= 4 is 33.7 Å². The first-order valence-electron chi connectivity index (χ1n) is 9.27. The molecular formula is C21H24N2O7S. The van der Waals surface area contributed by atoms with Crippen LogP contribution in [0.5, 0.6) is 11.5 Å². The molecule has 2 aromatic carbocycles. The Labute approximate surface area is 180 Å². The number of esters is 1. The van der Waals surface area contributed by atoms with Crippen LogP contribution in [0.15, 0.2) is 53.4 Å². The number of anilines is 1. The summed E-state index contributed by atoms with van der Waals surface area (Å²) in [5.74, 6) is -0.168. The smallest absolute Gasteiger partial charge is 0.331 e. The van der Waals surface area contributed by atoms with Gasteiger partial charge in [0.2, 0.25) is 10.0 Å². The number of methoxy groups -OCH3 is 1. The van der Waals surface area contributed by atoms with Gasteiger partial charge in [0.05, 0.1) is 18.6 Å². The number of nitrogens with two attached hydrogens (primary N) is 1. The van der Waals surface area contributed by atoms with Crippen molar-refractivity contribution in [2.45, 2.75) is 24.8 Å². The summed E-state index contributed by atoms with van der Waals surface area (Å²) in [6.45, 7) is 3.77. The maximum absolute atomic E-state index is 12.2. The highest BCUT2D eigenvalue weighted by Crippen LogP contribution is 2.28. The van der Waals surface area contributed by atoms with Gasteiger partial charge in [0.25, 0.3) is 5.91 Å². The Morgan fingerprint density at radius 3 is 2.39 bits per heavy atom. The van der Waals surface area contributed by atoms with Crippen LogP contribution in [0, 0.1) is 0 Å². The number of amides is 1. The average Bonchev–Trinajstić information content (AvgIpc) is 2.72. The molecule has 2 rings (SSSR count). The number of primary sulfonamides is 1. The molecule has 0 fully saturated rings. The van der Waals surface area contributed by atoms with Crippen LogP contribution in [0.4, 0.5) is 5.69 Å². The van der Waals surface area contributed by atoms with E-state index >= 15 is 0 Å². The number of hydrogen-bond acceptors (Lipinski definition) is 7. The fraction of sp³-hybridized carbons (Fsp3) is 0.238. The lowest BCUT2D eigenvalue weighted by atomic mass is 10.2. The van der Waals surface area contributed by atoms with Crippen LogP contribution < -0.4 is 19.9 Å². The first-order chi connectivity index (χ1) is 14.6. The van der Waals surface area contributed by atoms with Gasteiger partial charge in [-0.2, -0.15) is 0 Å². The summed E-state index contributed by atoms with van der Waals surface area (Å²) in [4.78, 5) is 24.2. The van der Waals surface area contributed by atoms with E-state index in [-0.39, 0.29) is 4.90 Å². The van der Waals surface area contributed by atoms with E-state index in [1.807, 2.05) is 6.92 Å². The summed E-state index contributed by atoms with van der Waals surface area (Å²) >= 11 is 0. The zero-order chi connectivity index (χ0) is 23.0. The molecule has 0 aliphatic heterocycles. The first kappa shape index (κ1) is 23.9. The number of ether oxygens (including phenoxy) is 3. The average molecular weight is 448 g/mol. The fourth-order valence-electron chi connectivity index (χ4n) is 2.47. The fourth-order valence-corrected chi connectivity index (χ4v) is 2.98. The third kappa shape index (κ3) is 7.12. The molecule has 10 heteroatoms. The van der Waals surface area contributed by atoms with Gasteiger partial charge in [-0.05, 0) is 61.9 Å². The van der Waals surface area contributed by atoms with E-state index < -0.39 is 28.0 Å². The van der Waals surface area contributed by atoms with Gasteiger partial charge in [-0.25, -0.2) is 18.4 Å². The van der Waals surface area contributed by atoms with Crippen molar-refractivity contribution in [1.29, 1.82) is 0 Å². The van der Waals surface area contributed by atoms with E-state index in [1.165, 1.54) is 50.5 Å². The highest BCUT2D eigenvalue weighted by molar-refractivity contribution is 7.89. The number of carbonyl (C=O) groups is 2. The number of hydrogen-bond donors (Lipinski definition) is 2. The van der Waals surface area contributed by atoms with Gasteiger partial charge in [-0.15, -0.1) is 0 Å². The van der Waals surface area contributed by atoms with Crippen LogP contribution >= 0.6 is 0 Å². The van der Waals surface area contributed by atoms with Gasteiger partial charge >= 0.3 is 5.97 Å². The van der Waals surface area contributed by atoms with Crippen molar-refractivity contribution in [3.63, 3.8) is 0 Å². The van der Waals surface area contributed by atoms with Gasteiger partial charge in [0, 0.05) is 11.8 Å². The molecule has 0 aliphatic rings. The molecule has 9 nitrogen and oxygen atoms in total. The molecule has 3 N–H and O–H groups in total. The zero-order valence-electron chi connectivity index (χ0n) is 17.3. The molecule has 0 aromatic heterocycles. The topological polar surface area (TPSA) is 134 Å². The largest absolute Gasteiger partial charge is 0.493 e. The minimum absolute atomic E-state index is 0.0824. The molecule has 0 saturated heterocycles. The van der Waals surface area contributed by atoms with E-state index in [2.05, 4.69) is 5.32 Å². The second-order valence-electron chi connectivity index (χ2n) is 6.31. The summed E-state index contributed by atoms with van der Waals surface area (Å²) in [6, 6.07) is 10.5. The summed E-state index contributed by atoms with van der Waals surface area (Å²) in [5.41, 5.74) is 1.02. The quantitative estimate of drug-likeness (QED) is 0.444. The van der Waals surface area contributed by atoms with Gasteiger partial charge < -0.3 is 19.5 Å². The Balaban J connectivity index is 1.94. The van der Waals surface area contributed by atoms with Crippen LogP contribution in [0.25, 0.3) is 6.08 Å². The molecule has 31 heavy (non-hydrogen) atoms. The zero-order valence-corrected chi connectivity index (χ0v) is 18.1. The molecular weight excluding hydrogens is 424 g/mol. The normalized spacial score (nSPS) is 12.3. The number of rotatable bonds is 9. The molecule has 1 atom stereocenters. The number of benzene rings is 2. The Bertz CT molecular complexity index is 1060. The van der Waals surface area contributed by atoms with E-state index in [0.717, 1.165) is 0 Å². The SMILES string of the molecule is CCOc1ccc(/C=C\C(=O)O[C@H](C)C(=O)Nc2ccc(S(N)(=O)=O)cc2)cc1OC. The standard InChI is InChI=1S/C21H24N2O7S/c1-4-29-18-11-5-15(13-19(18)28-3)6-12-20(24)30-14(2)21(25)23-16-7-9-17(10-8-16)31(22,26)27/h5-14H,4H2,1-3H3,(H,23,25)(H2,22,26,27)/b12-6-/t14-/m1/s1. The molecule has 1 amide bonds. The molecule has 0 aliphatic carbocycles.